The molecule has 7 nitrogen and oxygen atoms in total. The number of carbonyl (C=O) groups is 3. The zero-order chi connectivity index (χ0) is 24.7. The van der Waals surface area contributed by atoms with Crippen LogP contribution in [0.2, 0.25) is 0 Å². The Labute approximate surface area is 163 Å². The average Bonchev–Trinajstić information content (AvgIpc) is 2.68. The summed E-state index contributed by atoms with van der Waals surface area (Å²) < 4.78 is 65.2. The number of fused-ring (bicyclic) bond motifs is 1. The van der Waals surface area contributed by atoms with Crippen LogP contribution in [0.5, 0.6) is 0 Å². The molecule has 0 bridgehead atoms. The van der Waals surface area contributed by atoms with Gasteiger partial charge in [-0.05, 0) is 33.6 Å². The molecule has 0 amide bonds. The van der Waals surface area contributed by atoms with E-state index in [1.165, 1.54) is 0 Å². The van der Waals surface area contributed by atoms with Gasteiger partial charge in [-0.3, -0.25) is 14.4 Å². The molecule has 26 heavy (non-hydrogen) atoms. The van der Waals surface area contributed by atoms with Gasteiger partial charge in [0.1, 0.15) is 5.78 Å². The van der Waals surface area contributed by atoms with Crippen molar-refractivity contribution in [2.24, 2.45) is 11.3 Å². The van der Waals surface area contributed by atoms with E-state index in [0.29, 0.717) is 12.8 Å². The van der Waals surface area contributed by atoms with Crippen LogP contribution < -0.4 is 0 Å². The molecule has 0 unspecified atom stereocenters. The minimum Gasteiger partial charge on any atom is -0.436 e. The highest BCUT2D eigenvalue weighted by atomic mass is 16.8. The van der Waals surface area contributed by atoms with E-state index in [2.05, 4.69) is 0 Å². The van der Waals surface area contributed by atoms with Crippen molar-refractivity contribution in [1.82, 2.24) is 0 Å². The Hall–Kier alpha value is -1.47. The van der Waals surface area contributed by atoms with Crippen LogP contribution in [0.4, 0.5) is 0 Å². The van der Waals surface area contributed by atoms with Crippen molar-refractivity contribution in [3.05, 3.63) is 0 Å². The van der Waals surface area contributed by atoms with E-state index < -0.39 is 61.3 Å². The van der Waals surface area contributed by atoms with Crippen LogP contribution >= 0.6 is 0 Å². The number of ether oxygens (including phenoxy) is 4. The van der Waals surface area contributed by atoms with Crippen LogP contribution in [0.15, 0.2) is 0 Å². The summed E-state index contributed by atoms with van der Waals surface area (Å²) in [6, 6.07) is 0. The largest absolute Gasteiger partial charge is 0.436 e. The van der Waals surface area contributed by atoms with Gasteiger partial charge in [-0.15, -0.1) is 0 Å². The molecule has 1 aliphatic carbocycles. The molecular formula is C19H30O7. The van der Waals surface area contributed by atoms with E-state index in [9.17, 15) is 14.4 Å². The molecule has 1 saturated carbocycles. The lowest BCUT2D eigenvalue weighted by Crippen LogP contribution is -2.57. The number of Topliss-reactive ketones (excluding diaryl/α,β-unsaturated/α-hetero) is 1. The summed E-state index contributed by atoms with van der Waals surface area (Å²) in [5, 5.41) is 0. The zero-order valence-electron chi connectivity index (χ0n) is 21.5. The second-order valence-corrected chi connectivity index (χ2v) is 8.01. The van der Waals surface area contributed by atoms with Crippen LogP contribution in [0.3, 0.4) is 0 Å². The average molecular weight is 376 g/mol. The molecule has 2 aliphatic rings. The van der Waals surface area contributed by atoms with Gasteiger partial charge in [-0.25, -0.2) is 0 Å². The molecule has 1 heterocycles. The molecule has 1 saturated heterocycles. The fourth-order valence-electron chi connectivity index (χ4n) is 3.88. The van der Waals surface area contributed by atoms with Crippen LogP contribution in [0.25, 0.3) is 0 Å². The fourth-order valence-corrected chi connectivity index (χ4v) is 3.88. The van der Waals surface area contributed by atoms with Gasteiger partial charge in [-0.1, -0.05) is 6.92 Å². The van der Waals surface area contributed by atoms with Gasteiger partial charge >= 0.3 is 11.9 Å². The normalized spacial score (nSPS) is 39.6. The third-order valence-electron chi connectivity index (χ3n) is 4.80. The summed E-state index contributed by atoms with van der Waals surface area (Å²) in [6.45, 7) is 0.997. The van der Waals surface area contributed by atoms with Crippen molar-refractivity contribution < 1.29 is 41.6 Å². The lowest BCUT2D eigenvalue weighted by atomic mass is 9.67. The molecule has 148 valence electrons. The van der Waals surface area contributed by atoms with Gasteiger partial charge in [-0.2, -0.15) is 0 Å². The van der Waals surface area contributed by atoms with Gasteiger partial charge in [0.25, 0.3) is 0 Å². The second-order valence-electron chi connectivity index (χ2n) is 8.01. The summed E-state index contributed by atoms with van der Waals surface area (Å²) in [4.78, 5) is 37.1. The third-order valence-corrected chi connectivity index (χ3v) is 4.80. The van der Waals surface area contributed by atoms with E-state index in [0.717, 1.165) is 0 Å². The van der Waals surface area contributed by atoms with Crippen molar-refractivity contribution >= 4 is 17.7 Å². The number of ketones is 1. The maximum atomic E-state index is 13.0. The molecule has 5 atom stereocenters. The molecule has 2 rings (SSSR count). The first kappa shape index (κ1) is 13.7. The Kier molecular flexibility index (Phi) is 4.02. The van der Waals surface area contributed by atoms with Crippen LogP contribution in [0.1, 0.15) is 75.3 Å². The Bertz CT molecular complexity index is 742. The molecule has 0 aromatic rings. The first-order valence-electron chi connectivity index (χ1n) is 11.6. The first-order chi connectivity index (χ1) is 14.3. The topological polar surface area (TPSA) is 88.1 Å². The molecule has 7 heteroatoms. The Morgan fingerprint density at radius 3 is 2.50 bits per heavy atom. The predicted octanol–water partition coefficient (Wildman–Crippen LogP) is 2.74. The van der Waals surface area contributed by atoms with Gasteiger partial charge in [0.15, 0.2) is 0 Å². The smallest absolute Gasteiger partial charge is 0.304 e. The van der Waals surface area contributed by atoms with Gasteiger partial charge in [0, 0.05) is 40.2 Å². The van der Waals surface area contributed by atoms with Crippen molar-refractivity contribution in [2.45, 2.75) is 91.4 Å². The second kappa shape index (κ2) is 7.64. The van der Waals surface area contributed by atoms with E-state index >= 15 is 0 Å². The lowest BCUT2D eigenvalue weighted by molar-refractivity contribution is -0.306. The quantitative estimate of drug-likeness (QED) is 0.700. The van der Waals surface area contributed by atoms with Crippen molar-refractivity contribution in [3.8, 4) is 0 Å². The molecule has 1 aliphatic heterocycles. The van der Waals surface area contributed by atoms with Gasteiger partial charge < -0.3 is 18.9 Å². The summed E-state index contributed by atoms with van der Waals surface area (Å²) in [5.74, 6) is -4.51. The summed E-state index contributed by atoms with van der Waals surface area (Å²) in [5.41, 5.74) is -1.71. The summed E-state index contributed by atoms with van der Waals surface area (Å²) in [7, 11) is 0. The zero-order valence-corrected chi connectivity index (χ0v) is 15.5. The van der Waals surface area contributed by atoms with Crippen molar-refractivity contribution in [3.63, 3.8) is 0 Å². The third kappa shape index (κ3) is 4.82. The SMILES string of the molecule is [2H]C([2H])([2H])C(=O)O[C@H]1C[C@]2(C)[C@@H](OC(C)(C)C)CCCC(=O)[C@@H]2[C@H](OC(=O)C([2H])([2H])[2H])O1. The Morgan fingerprint density at radius 1 is 1.23 bits per heavy atom. The van der Waals surface area contributed by atoms with Crippen molar-refractivity contribution in [1.29, 1.82) is 0 Å². The number of hydrogen-bond acceptors (Lipinski definition) is 7. The standard InChI is InChI=1S/C19H30O7/c1-11(20)23-15-10-19(6)14(26-18(3,4)5)9-7-8-13(22)16(19)17(25-15)24-12(2)21/h14-17H,7-10H2,1-6H3/t14-,15+,16+,17+,19+/m0/s1/i1D3,2D3. The maximum absolute atomic E-state index is 13.0. The molecule has 0 radical (unpaired) electrons. The highest BCUT2D eigenvalue weighted by molar-refractivity contribution is 5.83. The lowest BCUT2D eigenvalue weighted by Gasteiger charge is -2.50. The van der Waals surface area contributed by atoms with E-state index in [1.807, 2.05) is 20.8 Å². The van der Waals surface area contributed by atoms with Crippen molar-refractivity contribution in [2.75, 3.05) is 0 Å². The molecule has 2 fully saturated rings. The molecule has 0 aromatic carbocycles. The minimum absolute atomic E-state index is 0.103. The van der Waals surface area contributed by atoms with Crippen LogP contribution in [-0.2, 0) is 33.3 Å². The maximum Gasteiger partial charge on any atom is 0.304 e. The number of carbonyl (C=O) groups excluding carboxylic acids is 3. The summed E-state index contributed by atoms with van der Waals surface area (Å²) in [6.07, 6.45) is -2.77. The summed E-state index contributed by atoms with van der Waals surface area (Å²) >= 11 is 0. The molecule has 0 spiro atoms. The first-order valence-corrected chi connectivity index (χ1v) is 8.63. The van der Waals surface area contributed by atoms with Gasteiger partial charge in [0.05, 0.1) is 17.6 Å². The highest BCUT2D eigenvalue weighted by Gasteiger charge is 2.57. The Balaban J connectivity index is 2.48. The minimum atomic E-state index is -3.11. The van der Waals surface area contributed by atoms with E-state index in [1.54, 1.807) is 6.92 Å². The Morgan fingerprint density at radius 2 is 1.88 bits per heavy atom. The van der Waals surface area contributed by atoms with E-state index in [-0.39, 0.29) is 18.6 Å². The number of esters is 2. The molecular weight excluding hydrogens is 340 g/mol. The molecule has 0 N–H and O–H groups in total. The number of rotatable bonds is 3. The van der Waals surface area contributed by atoms with E-state index in [4.69, 9.17) is 27.2 Å². The fraction of sp³-hybridized carbons (Fsp3) is 0.842. The molecule has 0 aromatic heterocycles. The predicted molar refractivity (Wildman–Crippen MR) is 91.9 cm³/mol. The number of hydrogen-bond donors (Lipinski definition) is 0. The van der Waals surface area contributed by atoms with Crippen LogP contribution in [-0.4, -0.2) is 42.0 Å². The van der Waals surface area contributed by atoms with Gasteiger partial charge in [0.2, 0.25) is 12.6 Å². The highest BCUT2D eigenvalue weighted by Crippen LogP contribution is 2.50. The van der Waals surface area contributed by atoms with Crippen LogP contribution in [0, 0.1) is 11.3 Å². The monoisotopic (exact) mass is 376 g/mol.